The number of aryl methyl sites for hydroxylation is 1. The maximum absolute atomic E-state index is 5.86. The van der Waals surface area contributed by atoms with Crippen LogP contribution in [0.15, 0.2) is 24.3 Å². The second-order valence-corrected chi connectivity index (χ2v) is 4.85. The monoisotopic (exact) mass is 281 g/mol. The third kappa shape index (κ3) is 7.01. The van der Waals surface area contributed by atoms with Crippen LogP contribution in [0.1, 0.15) is 23.5 Å². The Bertz CT molecular complexity index is 357. The molecule has 4 heteroatoms. The lowest BCUT2D eigenvalue weighted by Crippen LogP contribution is -2.16. The van der Waals surface area contributed by atoms with Gasteiger partial charge in [0.1, 0.15) is 0 Å². The highest BCUT2D eigenvalue weighted by atomic mass is 16.5. The van der Waals surface area contributed by atoms with E-state index in [1.165, 1.54) is 11.1 Å². The Morgan fingerprint density at radius 3 is 2.40 bits per heavy atom. The highest BCUT2D eigenvalue weighted by Gasteiger charge is 2.09. The molecular weight excluding hydrogens is 254 g/mol. The predicted molar refractivity (Wildman–Crippen MR) is 81.1 cm³/mol. The fourth-order valence-corrected chi connectivity index (χ4v) is 2.03. The Balaban J connectivity index is 2.16. The van der Waals surface area contributed by atoms with E-state index >= 15 is 0 Å². The minimum absolute atomic E-state index is 0.365. The van der Waals surface area contributed by atoms with E-state index in [1.54, 1.807) is 7.11 Å². The molecule has 1 atom stereocenters. The molecule has 0 aliphatic heterocycles. The largest absolute Gasteiger partial charge is 0.382 e. The first-order chi connectivity index (χ1) is 9.77. The molecule has 1 rings (SSSR count). The highest BCUT2D eigenvalue weighted by molar-refractivity contribution is 5.25. The molecule has 114 valence electrons. The van der Waals surface area contributed by atoms with Crippen LogP contribution in [0.4, 0.5) is 0 Å². The Morgan fingerprint density at radius 1 is 1.05 bits per heavy atom. The molecule has 0 aliphatic rings. The number of hydrogen-bond acceptors (Lipinski definition) is 4. The summed E-state index contributed by atoms with van der Waals surface area (Å²) in [5.74, 6) is 0.365. The van der Waals surface area contributed by atoms with Crippen LogP contribution in [0.2, 0.25) is 0 Å². The Hall–Kier alpha value is -0.940. The molecule has 4 nitrogen and oxygen atoms in total. The Morgan fingerprint density at radius 2 is 1.75 bits per heavy atom. The fourth-order valence-electron chi connectivity index (χ4n) is 2.03. The second kappa shape index (κ2) is 10.8. The van der Waals surface area contributed by atoms with Crippen LogP contribution in [0.5, 0.6) is 0 Å². The van der Waals surface area contributed by atoms with E-state index in [1.807, 2.05) is 0 Å². The van der Waals surface area contributed by atoms with Gasteiger partial charge in [-0.2, -0.15) is 0 Å². The lowest BCUT2D eigenvalue weighted by Gasteiger charge is -2.16. The van der Waals surface area contributed by atoms with Gasteiger partial charge >= 0.3 is 0 Å². The number of hydrogen-bond donors (Lipinski definition) is 1. The normalized spacial score (nSPS) is 12.6. The van der Waals surface area contributed by atoms with Gasteiger partial charge in [-0.3, -0.25) is 0 Å². The minimum atomic E-state index is 0.365. The third-order valence-corrected chi connectivity index (χ3v) is 3.21. The maximum atomic E-state index is 5.86. The van der Waals surface area contributed by atoms with Crippen LogP contribution in [-0.4, -0.2) is 46.7 Å². The van der Waals surface area contributed by atoms with E-state index in [2.05, 4.69) is 31.2 Å². The molecule has 0 aromatic heterocycles. The van der Waals surface area contributed by atoms with Crippen LogP contribution < -0.4 is 5.73 Å². The van der Waals surface area contributed by atoms with Crippen molar-refractivity contribution in [3.63, 3.8) is 0 Å². The van der Waals surface area contributed by atoms with E-state index in [0.717, 1.165) is 6.42 Å². The first-order valence-corrected chi connectivity index (χ1v) is 7.19. The first kappa shape index (κ1) is 17.1. The molecule has 20 heavy (non-hydrogen) atoms. The van der Waals surface area contributed by atoms with Gasteiger partial charge in [-0.1, -0.05) is 29.8 Å². The maximum Gasteiger partial charge on any atom is 0.0701 e. The quantitative estimate of drug-likeness (QED) is 0.631. The van der Waals surface area contributed by atoms with Crippen molar-refractivity contribution >= 4 is 0 Å². The summed E-state index contributed by atoms with van der Waals surface area (Å²) in [6, 6.07) is 8.52. The molecule has 0 heterocycles. The Kier molecular flexibility index (Phi) is 9.24. The van der Waals surface area contributed by atoms with Gasteiger partial charge in [0.15, 0.2) is 0 Å². The van der Waals surface area contributed by atoms with Crippen LogP contribution in [0.25, 0.3) is 0 Å². The smallest absolute Gasteiger partial charge is 0.0701 e. The zero-order valence-electron chi connectivity index (χ0n) is 12.6. The molecule has 0 aliphatic carbocycles. The van der Waals surface area contributed by atoms with E-state index in [4.69, 9.17) is 19.9 Å². The topological polar surface area (TPSA) is 53.7 Å². The molecule has 0 radical (unpaired) electrons. The molecule has 0 saturated heterocycles. The van der Waals surface area contributed by atoms with Crippen molar-refractivity contribution in [2.24, 2.45) is 5.73 Å². The van der Waals surface area contributed by atoms with Gasteiger partial charge in [0.05, 0.1) is 26.4 Å². The van der Waals surface area contributed by atoms with Crippen LogP contribution >= 0.6 is 0 Å². The predicted octanol–water partition coefficient (Wildman–Crippen LogP) is 2.11. The van der Waals surface area contributed by atoms with Crippen molar-refractivity contribution in [2.45, 2.75) is 19.3 Å². The molecule has 0 spiro atoms. The summed E-state index contributed by atoms with van der Waals surface area (Å²) >= 11 is 0. The van der Waals surface area contributed by atoms with Crippen molar-refractivity contribution in [2.75, 3.05) is 46.7 Å². The van der Waals surface area contributed by atoms with Gasteiger partial charge in [0.25, 0.3) is 0 Å². The van der Waals surface area contributed by atoms with E-state index in [0.29, 0.717) is 45.5 Å². The first-order valence-electron chi connectivity index (χ1n) is 7.19. The Labute approximate surface area is 122 Å². The molecular formula is C16H27NO3. The van der Waals surface area contributed by atoms with Crippen molar-refractivity contribution in [1.82, 2.24) is 0 Å². The average molecular weight is 281 g/mol. The standard InChI is InChI=1S/C16H27NO3/c1-14-4-3-5-15(12-14)16(13-17)6-7-19-10-11-20-9-8-18-2/h3-5,12,16H,6-11,13,17H2,1-2H3. The van der Waals surface area contributed by atoms with E-state index in [-0.39, 0.29) is 0 Å². The lowest BCUT2D eigenvalue weighted by atomic mass is 9.95. The number of benzene rings is 1. The van der Waals surface area contributed by atoms with Crippen LogP contribution in [0, 0.1) is 6.92 Å². The summed E-state index contributed by atoms with van der Waals surface area (Å²) in [6.07, 6.45) is 0.942. The highest BCUT2D eigenvalue weighted by Crippen LogP contribution is 2.19. The lowest BCUT2D eigenvalue weighted by molar-refractivity contribution is 0.0234. The third-order valence-electron chi connectivity index (χ3n) is 3.21. The average Bonchev–Trinajstić information content (AvgIpc) is 2.46. The van der Waals surface area contributed by atoms with Gasteiger partial charge in [0, 0.05) is 13.7 Å². The van der Waals surface area contributed by atoms with E-state index < -0.39 is 0 Å². The molecule has 1 unspecified atom stereocenters. The SMILES string of the molecule is COCCOCCOCCC(CN)c1cccc(C)c1. The molecule has 2 N–H and O–H groups in total. The summed E-state index contributed by atoms with van der Waals surface area (Å²) in [4.78, 5) is 0. The van der Waals surface area contributed by atoms with Crippen molar-refractivity contribution in [3.8, 4) is 0 Å². The molecule has 0 fully saturated rings. The molecule has 0 saturated carbocycles. The summed E-state index contributed by atoms with van der Waals surface area (Å²) in [6.45, 7) is 5.94. The number of rotatable bonds is 11. The number of nitrogens with two attached hydrogens (primary N) is 1. The van der Waals surface area contributed by atoms with Gasteiger partial charge < -0.3 is 19.9 Å². The second-order valence-electron chi connectivity index (χ2n) is 4.85. The summed E-state index contributed by atoms with van der Waals surface area (Å²) < 4.78 is 15.8. The number of ether oxygens (including phenoxy) is 3. The van der Waals surface area contributed by atoms with Crippen LogP contribution in [0.3, 0.4) is 0 Å². The van der Waals surface area contributed by atoms with Crippen molar-refractivity contribution in [3.05, 3.63) is 35.4 Å². The van der Waals surface area contributed by atoms with Gasteiger partial charge in [-0.05, 0) is 31.4 Å². The zero-order chi connectivity index (χ0) is 14.6. The summed E-state index contributed by atoms with van der Waals surface area (Å²) in [5.41, 5.74) is 8.43. The minimum Gasteiger partial charge on any atom is -0.382 e. The number of methoxy groups -OCH3 is 1. The fraction of sp³-hybridized carbons (Fsp3) is 0.625. The van der Waals surface area contributed by atoms with Crippen LogP contribution in [-0.2, 0) is 14.2 Å². The summed E-state index contributed by atoms with van der Waals surface area (Å²) in [5, 5.41) is 0. The van der Waals surface area contributed by atoms with Gasteiger partial charge in [-0.25, -0.2) is 0 Å². The summed E-state index contributed by atoms with van der Waals surface area (Å²) in [7, 11) is 1.66. The molecule has 0 bridgehead atoms. The van der Waals surface area contributed by atoms with E-state index in [9.17, 15) is 0 Å². The molecule has 0 amide bonds. The van der Waals surface area contributed by atoms with Gasteiger partial charge in [0.2, 0.25) is 0 Å². The van der Waals surface area contributed by atoms with Crippen molar-refractivity contribution < 1.29 is 14.2 Å². The molecule has 1 aromatic rings. The zero-order valence-corrected chi connectivity index (χ0v) is 12.6. The van der Waals surface area contributed by atoms with Crippen molar-refractivity contribution in [1.29, 1.82) is 0 Å². The van der Waals surface area contributed by atoms with Gasteiger partial charge in [-0.15, -0.1) is 0 Å². The molecule has 1 aromatic carbocycles.